The third-order valence-corrected chi connectivity index (χ3v) is 4.26. The first kappa shape index (κ1) is 16.1. The lowest BCUT2D eigenvalue weighted by Gasteiger charge is -2.22. The molecule has 1 aromatic heterocycles. The lowest BCUT2D eigenvalue weighted by atomic mass is 10.2. The van der Waals surface area contributed by atoms with E-state index in [9.17, 15) is 4.79 Å². The van der Waals surface area contributed by atoms with Crippen LogP contribution >= 0.6 is 11.8 Å². The Morgan fingerprint density at radius 2 is 2.38 bits per heavy atom. The molecular formula is C13H22N4O3S. The number of aliphatic carboxylic acids is 1. The Bertz CT molecular complexity index is 474. The maximum atomic E-state index is 10.7. The van der Waals surface area contributed by atoms with Gasteiger partial charge in [-0.3, -0.25) is 9.36 Å². The van der Waals surface area contributed by atoms with E-state index in [-0.39, 0.29) is 11.9 Å². The van der Waals surface area contributed by atoms with E-state index >= 15 is 0 Å². The van der Waals surface area contributed by atoms with Crippen LogP contribution in [0.2, 0.25) is 0 Å². The van der Waals surface area contributed by atoms with Gasteiger partial charge in [-0.2, -0.15) is 0 Å². The summed E-state index contributed by atoms with van der Waals surface area (Å²) in [7, 11) is 1.98. The van der Waals surface area contributed by atoms with Crippen molar-refractivity contribution in [2.45, 2.75) is 44.0 Å². The third-order valence-electron chi connectivity index (χ3n) is 3.31. The normalized spacial score (nSPS) is 18.1. The number of hydrogen-bond acceptors (Lipinski definition) is 6. The van der Waals surface area contributed by atoms with Crippen LogP contribution in [0.5, 0.6) is 0 Å². The molecule has 0 aromatic carbocycles. The lowest BCUT2D eigenvalue weighted by Crippen LogP contribution is -2.30. The van der Waals surface area contributed by atoms with Crippen LogP contribution < -0.4 is 4.90 Å². The van der Waals surface area contributed by atoms with Crippen LogP contribution in [0.3, 0.4) is 0 Å². The fraction of sp³-hybridized carbons (Fsp3) is 0.769. The van der Waals surface area contributed by atoms with E-state index in [0.29, 0.717) is 5.16 Å². The summed E-state index contributed by atoms with van der Waals surface area (Å²) in [6.45, 7) is 4.47. The molecule has 1 N–H and O–H groups in total. The number of nitrogens with zero attached hydrogens (tertiary/aromatic N) is 4. The molecule has 0 saturated carbocycles. The second kappa shape index (κ2) is 7.65. The van der Waals surface area contributed by atoms with Gasteiger partial charge in [-0.25, -0.2) is 0 Å². The van der Waals surface area contributed by atoms with E-state index in [4.69, 9.17) is 9.84 Å². The number of thioether (sulfide) groups is 1. The van der Waals surface area contributed by atoms with E-state index in [0.717, 1.165) is 44.9 Å². The van der Waals surface area contributed by atoms with Crippen molar-refractivity contribution in [1.82, 2.24) is 14.8 Å². The SMILES string of the molecule is CCCn1c(SCC(=O)O)nnc1N(C)CC1CCCO1. The Hall–Kier alpha value is -1.28. The molecule has 0 aliphatic carbocycles. The van der Waals surface area contributed by atoms with Gasteiger partial charge in [0, 0.05) is 26.7 Å². The molecule has 1 aliphatic heterocycles. The van der Waals surface area contributed by atoms with Gasteiger partial charge in [-0.05, 0) is 19.3 Å². The van der Waals surface area contributed by atoms with Crippen molar-refractivity contribution in [2.24, 2.45) is 0 Å². The minimum absolute atomic E-state index is 0.00268. The number of aromatic nitrogens is 3. The van der Waals surface area contributed by atoms with Crippen molar-refractivity contribution in [3.8, 4) is 0 Å². The van der Waals surface area contributed by atoms with E-state index in [1.807, 2.05) is 16.5 Å². The molecule has 8 heteroatoms. The average Bonchev–Trinajstić information content (AvgIpc) is 3.06. The summed E-state index contributed by atoms with van der Waals surface area (Å²) in [5, 5.41) is 17.8. The zero-order valence-electron chi connectivity index (χ0n) is 12.5. The Labute approximate surface area is 128 Å². The molecular weight excluding hydrogens is 292 g/mol. The molecule has 0 amide bonds. The summed E-state index contributed by atoms with van der Waals surface area (Å²) in [4.78, 5) is 12.8. The van der Waals surface area contributed by atoms with Gasteiger partial charge in [0.1, 0.15) is 0 Å². The van der Waals surface area contributed by atoms with E-state index in [1.54, 1.807) is 0 Å². The highest BCUT2D eigenvalue weighted by atomic mass is 32.2. The predicted octanol–water partition coefficient (Wildman–Crippen LogP) is 1.48. The van der Waals surface area contributed by atoms with Crippen LogP contribution in [0, 0.1) is 0 Å². The van der Waals surface area contributed by atoms with Crippen LogP contribution in [-0.2, 0) is 16.1 Å². The fourth-order valence-corrected chi connectivity index (χ4v) is 3.07. The summed E-state index contributed by atoms with van der Waals surface area (Å²) in [5.41, 5.74) is 0. The highest BCUT2D eigenvalue weighted by Crippen LogP contribution is 2.23. The molecule has 1 saturated heterocycles. The molecule has 2 rings (SSSR count). The van der Waals surface area contributed by atoms with E-state index in [2.05, 4.69) is 17.1 Å². The number of anilines is 1. The monoisotopic (exact) mass is 314 g/mol. The topological polar surface area (TPSA) is 80.5 Å². The second-order valence-corrected chi connectivity index (χ2v) is 6.07. The first-order valence-electron chi connectivity index (χ1n) is 7.22. The highest BCUT2D eigenvalue weighted by Gasteiger charge is 2.21. The number of ether oxygens (including phenoxy) is 1. The Morgan fingerprint density at radius 1 is 1.57 bits per heavy atom. The van der Waals surface area contributed by atoms with Crippen molar-refractivity contribution < 1.29 is 14.6 Å². The maximum absolute atomic E-state index is 10.7. The van der Waals surface area contributed by atoms with Gasteiger partial charge < -0.3 is 14.7 Å². The Morgan fingerprint density at radius 3 is 3.00 bits per heavy atom. The fourth-order valence-electron chi connectivity index (χ4n) is 2.39. The van der Waals surface area contributed by atoms with Crippen LogP contribution in [0.1, 0.15) is 26.2 Å². The molecule has 7 nitrogen and oxygen atoms in total. The minimum Gasteiger partial charge on any atom is -0.481 e. The molecule has 1 atom stereocenters. The van der Waals surface area contributed by atoms with Crippen LogP contribution in [0.25, 0.3) is 0 Å². The lowest BCUT2D eigenvalue weighted by molar-refractivity contribution is -0.133. The zero-order chi connectivity index (χ0) is 15.2. The summed E-state index contributed by atoms with van der Waals surface area (Å²) in [6, 6.07) is 0. The molecule has 1 aromatic rings. The Balaban J connectivity index is 2.07. The van der Waals surface area contributed by atoms with Gasteiger partial charge >= 0.3 is 5.97 Å². The standard InChI is InChI=1S/C13H22N4O3S/c1-3-6-17-12(14-15-13(17)21-9-11(18)19)16(2)8-10-5-4-7-20-10/h10H,3-9H2,1-2H3,(H,18,19). The molecule has 1 unspecified atom stereocenters. The van der Waals surface area contributed by atoms with Gasteiger partial charge in [0.25, 0.3) is 0 Å². The molecule has 118 valence electrons. The van der Waals surface area contributed by atoms with Crippen molar-refractivity contribution >= 4 is 23.7 Å². The number of rotatable bonds is 8. The smallest absolute Gasteiger partial charge is 0.313 e. The molecule has 2 heterocycles. The van der Waals surface area contributed by atoms with Gasteiger partial charge in [0.2, 0.25) is 5.95 Å². The van der Waals surface area contributed by atoms with Crippen LogP contribution in [0.15, 0.2) is 5.16 Å². The van der Waals surface area contributed by atoms with Gasteiger partial charge in [0.05, 0.1) is 11.9 Å². The number of likely N-dealkylation sites (N-methyl/N-ethyl adjacent to an activating group) is 1. The highest BCUT2D eigenvalue weighted by molar-refractivity contribution is 7.99. The van der Waals surface area contributed by atoms with Crippen LogP contribution in [-0.4, -0.2) is 57.9 Å². The number of hydrogen-bond donors (Lipinski definition) is 1. The molecule has 0 radical (unpaired) electrons. The molecule has 0 bridgehead atoms. The number of carboxylic acids is 1. The number of carbonyl (C=O) groups is 1. The van der Waals surface area contributed by atoms with Crippen molar-refractivity contribution in [3.05, 3.63) is 0 Å². The van der Waals surface area contributed by atoms with Crippen molar-refractivity contribution in [2.75, 3.05) is 30.9 Å². The predicted molar refractivity (Wildman–Crippen MR) is 80.9 cm³/mol. The summed E-state index contributed by atoms with van der Waals surface area (Å²) in [6.07, 6.45) is 3.38. The molecule has 21 heavy (non-hydrogen) atoms. The quantitative estimate of drug-likeness (QED) is 0.728. The maximum Gasteiger partial charge on any atom is 0.313 e. The first-order valence-corrected chi connectivity index (χ1v) is 8.21. The van der Waals surface area contributed by atoms with Crippen LogP contribution in [0.4, 0.5) is 5.95 Å². The summed E-state index contributed by atoms with van der Waals surface area (Å²) in [5.74, 6) is -0.0716. The van der Waals surface area contributed by atoms with Crippen molar-refractivity contribution in [3.63, 3.8) is 0 Å². The van der Waals surface area contributed by atoms with E-state index in [1.165, 1.54) is 11.8 Å². The minimum atomic E-state index is -0.847. The largest absolute Gasteiger partial charge is 0.481 e. The third kappa shape index (κ3) is 4.34. The van der Waals surface area contributed by atoms with E-state index < -0.39 is 5.97 Å². The number of carboxylic acid groups (broad SMARTS) is 1. The van der Waals surface area contributed by atoms with Crippen molar-refractivity contribution in [1.29, 1.82) is 0 Å². The van der Waals surface area contributed by atoms with Gasteiger partial charge in [-0.15, -0.1) is 10.2 Å². The zero-order valence-corrected chi connectivity index (χ0v) is 13.3. The molecule has 1 aliphatic rings. The summed E-state index contributed by atoms with van der Waals surface area (Å²) >= 11 is 1.21. The first-order chi connectivity index (χ1) is 10.1. The van der Waals surface area contributed by atoms with Gasteiger partial charge in [0.15, 0.2) is 5.16 Å². The molecule has 0 spiro atoms. The average molecular weight is 314 g/mol. The second-order valence-electron chi connectivity index (χ2n) is 5.13. The van der Waals surface area contributed by atoms with Gasteiger partial charge in [-0.1, -0.05) is 18.7 Å². The summed E-state index contributed by atoms with van der Waals surface area (Å²) < 4.78 is 7.64. The molecule has 1 fully saturated rings. The Kier molecular flexibility index (Phi) is 5.86.